The van der Waals surface area contributed by atoms with Crippen LogP contribution in [0.4, 0.5) is 5.82 Å². The fourth-order valence-electron chi connectivity index (χ4n) is 3.18. The van der Waals surface area contributed by atoms with Crippen molar-refractivity contribution in [2.75, 3.05) is 18.9 Å². The molecular weight excluding hydrogens is 503 g/mol. The van der Waals surface area contributed by atoms with Crippen LogP contribution in [0.1, 0.15) is 19.4 Å². The molecular formula is C19H23IN6O2S. The van der Waals surface area contributed by atoms with E-state index in [0.717, 1.165) is 32.4 Å². The second-order valence-corrected chi connectivity index (χ2v) is 9.42. The van der Waals surface area contributed by atoms with E-state index in [4.69, 9.17) is 15.5 Å². The zero-order valence-corrected chi connectivity index (χ0v) is 19.2. The Balaban J connectivity index is 1.69. The van der Waals surface area contributed by atoms with Crippen LogP contribution in [0.15, 0.2) is 28.5 Å². The molecule has 1 atom stereocenters. The number of fused-ring (bicyclic) bond motifs is 2. The van der Waals surface area contributed by atoms with E-state index >= 15 is 0 Å². The number of rotatable bonds is 7. The number of aromatic nitrogens is 4. The maximum Gasteiger partial charge on any atom is 0.175 e. The van der Waals surface area contributed by atoms with Gasteiger partial charge in [-0.1, -0.05) is 25.6 Å². The summed E-state index contributed by atoms with van der Waals surface area (Å²) in [6.45, 7) is 5.66. The van der Waals surface area contributed by atoms with Gasteiger partial charge in [-0.25, -0.2) is 15.0 Å². The predicted octanol–water partition coefficient (Wildman–Crippen LogP) is 2.46. The van der Waals surface area contributed by atoms with Gasteiger partial charge in [0, 0.05) is 27.5 Å². The molecule has 0 saturated heterocycles. The van der Waals surface area contributed by atoms with Crippen molar-refractivity contribution >= 4 is 51.3 Å². The summed E-state index contributed by atoms with van der Waals surface area (Å²) in [6.07, 6.45) is 1.76. The number of aliphatic hydroxyl groups is 1. The zero-order valence-electron chi connectivity index (χ0n) is 16.2. The van der Waals surface area contributed by atoms with Crippen LogP contribution < -0.4 is 15.8 Å². The molecule has 1 aliphatic heterocycles. The van der Waals surface area contributed by atoms with Crippen molar-refractivity contribution in [3.63, 3.8) is 0 Å². The Morgan fingerprint density at radius 1 is 1.38 bits per heavy atom. The number of nitrogens with two attached hydrogens (primary N) is 1. The molecule has 8 nitrogen and oxygen atoms in total. The summed E-state index contributed by atoms with van der Waals surface area (Å²) in [6, 6.07) is 4.52. The molecule has 3 heterocycles. The van der Waals surface area contributed by atoms with Crippen LogP contribution in [0.3, 0.4) is 0 Å². The molecule has 2 aromatic heterocycles. The summed E-state index contributed by atoms with van der Waals surface area (Å²) in [5, 5.41) is 14.5. The summed E-state index contributed by atoms with van der Waals surface area (Å²) >= 11 is 3.86. The second kappa shape index (κ2) is 8.62. The van der Waals surface area contributed by atoms with Crippen molar-refractivity contribution in [2.24, 2.45) is 0 Å². The summed E-state index contributed by atoms with van der Waals surface area (Å²) in [5.74, 6) is 1.29. The third kappa shape index (κ3) is 4.44. The number of halogens is 1. The van der Waals surface area contributed by atoms with Crippen LogP contribution in [0.25, 0.3) is 11.2 Å². The van der Waals surface area contributed by atoms with Crippen molar-refractivity contribution in [3.05, 3.63) is 27.6 Å². The van der Waals surface area contributed by atoms with Gasteiger partial charge in [0.25, 0.3) is 0 Å². The van der Waals surface area contributed by atoms with Crippen LogP contribution in [0.5, 0.6) is 5.75 Å². The third-order valence-electron chi connectivity index (χ3n) is 4.63. The molecule has 0 bridgehead atoms. The maximum atomic E-state index is 10.6. The number of ether oxygens (including phenoxy) is 1. The maximum absolute atomic E-state index is 10.6. The normalized spacial score (nSPS) is 14.4. The van der Waals surface area contributed by atoms with Gasteiger partial charge in [0.1, 0.15) is 12.1 Å². The predicted molar refractivity (Wildman–Crippen MR) is 121 cm³/mol. The van der Waals surface area contributed by atoms with Crippen LogP contribution >= 0.6 is 34.4 Å². The number of imidazole rings is 1. The summed E-state index contributed by atoms with van der Waals surface area (Å²) in [5.41, 5.74) is 8.42. The molecule has 0 amide bonds. The molecule has 4 rings (SSSR count). The molecule has 0 saturated carbocycles. The van der Waals surface area contributed by atoms with Gasteiger partial charge in [-0.05, 0) is 40.3 Å². The first-order valence-corrected chi connectivity index (χ1v) is 11.3. The Hall–Kier alpha value is -1.63. The number of nitrogens with zero attached hydrogens (tertiary/aromatic N) is 4. The molecule has 1 aliphatic rings. The van der Waals surface area contributed by atoms with Crippen LogP contribution in [0.2, 0.25) is 0 Å². The highest BCUT2D eigenvalue weighted by Gasteiger charge is 2.21. The van der Waals surface area contributed by atoms with Crippen LogP contribution in [-0.2, 0) is 13.0 Å². The minimum absolute atomic E-state index is 0.297. The molecule has 3 aromatic rings. The Bertz CT molecular complexity index is 1040. The van der Waals surface area contributed by atoms with Crippen molar-refractivity contribution < 1.29 is 9.84 Å². The van der Waals surface area contributed by atoms with Crippen LogP contribution in [0, 0.1) is 3.57 Å². The van der Waals surface area contributed by atoms with Gasteiger partial charge < -0.3 is 25.5 Å². The number of anilines is 1. The van der Waals surface area contributed by atoms with Gasteiger partial charge >= 0.3 is 0 Å². The van der Waals surface area contributed by atoms with Gasteiger partial charge in [0.05, 0.1) is 19.3 Å². The number of benzene rings is 1. The van der Waals surface area contributed by atoms with Gasteiger partial charge in [-0.3, -0.25) is 0 Å². The first-order chi connectivity index (χ1) is 13.9. The molecule has 154 valence electrons. The summed E-state index contributed by atoms with van der Waals surface area (Å²) in [7, 11) is 0. The lowest BCUT2D eigenvalue weighted by atomic mass is 10.2. The van der Waals surface area contributed by atoms with E-state index in [-0.39, 0.29) is 0 Å². The Kier molecular flexibility index (Phi) is 6.13. The third-order valence-corrected chi connectivity index (χ3v) is 6.94. The summed E-state index contributed by atoms with van der Waals surface area (Å²) < 4.78 is 8.67. The zero-order chi connectivity index (χ0) is 20.5. The molecule has 0 aliphatic carbocycles. The molecule has 0 spiro atoms. The molecule has 29 heavy (non-hydrogen) atoms. The minimum atomic E-state index is -0.585. The van der Waals surface area contributed by atoms with E-state index in [9.17, 15) is 5.11 Å². The minimum Gasteiger partial charge on any atom is -0.493 e. The highest BCUT2D eigenvalue weighted by Crippen LogP contribution is 2.38. The van der Waals surface area contributed by atoms with Gasteiger partial charge in [-0.2, -0.15) is 0 Å². The lowest BCUT2D eigenvalue weighted by Crippen LogP contribution is -2.34. The van der Waals surface area contributed by atoms with E-state index in [2.05, 4.69) is 50.0 Å². The standard InChI is InChI=1S/C19H23IN6O2S/c1-10(2)22-7-12(27)8-26-18-16(17(21)23-9-24-18)25-19(26)29-15-5-11-3-4-28-14(11)6-13(15)20/h5-6,9-10,12,22,27H,3-4,7-8H2,1-2H3,(H2,21,23,24). The van der Waals surface area contributed by atoms with E-state index in [1.54, 1.807) is 11.8 Å². The van der Waals surface area contributed by atoms with E-state index in [1.807, 2.05) is 18.4 Å². The van der Waals surface area contributed by atoms with Gasteiger partial charge in [-0.15, -0.1) is 0 Å². The van der Waals surface area contributed by atoms with Crippen molar-refractivity contribution in [1.29, 1.82) is 0 Å². The monoisotopic (exact) mass is 526 g/mol. The fraction of sp³-hybridized carbons (Fsp3) is 0.421. The first kappa shape index (κ1) is 20.6. The second-order valence-electron chi connectivity index (χ2n) is 7.24. The molecule has 10 heteroatoms. The fourth-order valence-corrected chi connectivity index (χ4v) is 4.91. The van der Waals surface area contributed by atoms with Crippen molar-refractivity contribution in [3.8, 4) is 5.75 Å². The first-order valence-electron chi connectivity index (χ1n) is 9.43. The average molecular weight is 526 g/mol. The highest BCUT2D eigenvalue weighted by molar-refractivity contribution is 14.1. The molecule has 4 N–H and O–H groups in total. The smallest absolute Gasteiger partial charge is 0.175 e. The SMILES string of the molecule is CC(C)NCC(O)Cn1c(Sc2cc3c(cc2I)OCC3)nc2c(N)ncnc21. The number of hydrogen-bond acceptors (Lipinski definition) is 8. The molecule has 0 fully saturated rings. The lowest BCUT2D eigenvalue weighted by molar-refractivity contribution is 0.147. The largest absolute Gasteiger partial charge is 0.493 e. The Morgan fingerprint density at radius 3 is 3.00 bits per heavy atom. The Morgan fingerprint density at radius 2 is 2.21 bits per heavy atom. The molecule has 0 radical (unpaired) electrons. The van der Waals surface area contributed by atoms with Crippen LogP contribution in [-0.4, -0.2) is 49.9 Å². The summed E-state index contributed by atoms with van der Waals surface area (Å²) in [4.78, 5) is 14.2. The molecule has 1 aromatic carbocycles. The van der Waals surface area contributed by atoms with E-state index in [1.165, 1.54) is 11.9 Å². The van der Waals surface area contributed by atoms with E-state index in [0.29, 0.717) is 36.1 Å². The van der Waals surface area contributed by atoms with E-state index < -0.39 is 6.10 Å². The Labute approximate surface area is 186 Å². The number of hydrogen-bond donors (Lipinski definition) is 3. The quantitative estimate of drug-likeness (QED) is 0.403. The van der Waals surface area contributed by atoms with Crippen molar-refractivity contribution in [1.82, 2.24) is 24.8 Å². The average Bonchev–Trinajstić information content (AvgIpc) is 3.26. The number of nitrogen functional groups attached to an aromatic ring is 1. The lowest BCUT2D eigenvalue weighted by Gasteiger charge is -2.16. The van der Waals surface area contributed by atoms with Gasteiger partial charge in [0.15, 0.2) is 22.1 Å². The topological polar surface area (TPSA) is 111 Å². The van der Waals surface area contributed by atoms with Gasteiger partial charge in [0.2, 0.25) is 0 Å². The number of aliphatic hydroxyl groups excluding tert-OH is 1. The molecule has 1 unspecified atom stereocenters. The highest BCUT2D eigenvalue weighted by atomic mass is 127. The van der Waals surface area contributed by atoms with Crippen molar-refractivity contribution in [2.45, 2.75) is 49.0 Å². The number of nitrogens with one attached hydrogen (secondary N) is 1.